The van der Waals surface area contributed by atoms with Crippen LogP contribution in [-0.2, 0) is 20.7 Å². The third-order valence-corrected chi connectivity index (χ3v) is 5.05. The Hall–Kier alpha value is -3.17. The quantitative estimate of drug-likeness (QED) is 0.805. The summed E-state index contributed by atoms with van der Waals surface area (Å²) in [5.74, 6) is -1.48. The van der Waals surface area contributed by atoms with Crippen molar-refractivity contribution in [3.63, 3.8) is 0 Å². The first-order valence-electron chi connectivity index (χ1n) is 9.19. The van der Waals surface area contributed by atoms with Crippen LogP contribution in [0.3, 0.4) is 0 Å². The van der Waals surface area contributed by atoms with E-state index in [2.05, 4.69) is 11.4 Å². The number of carbonyl (C=O) groups excluding carboxylic acids is 1. The van der Waals surface area contributed by atoms with E-state index in [1.807, 2.05) is 42.5 Å². The van der Waals surface area contributed by atoms with Crippen molar-refractivity contribution in [2.75, 3.05) is 6.61 Å². The van der Waals surface area contributed by atoms with Crippen molar-refractivity contribution in [3.05, 3.63) is 59.7 Å². The number of carbonyl (C=O) groups is 2. The van der Waals surface area contributed by atoms with Crippen LogP contribution >= 0.6 is 0 Å². The zero-order chi connectivity index (χ0) is 20.1. The Morgan fingerprint density at radius 1 is 1.25 bits per heavy atom. The minimum Gasteiger partial charge on any atom is -0.480 e. The summed E-state index contributed by atoms with van der Waals surface area (Å²) in [7, 11) is 0. The summed E-state index contributed by atoms with van der Waals surface area (Å²) in [4.78, 5) is 24.1. The molecule has 0 aromatic heterocycles. The largest absolute Gasteiger partial charge is 0.480 e. The van der Waals surface area contributed by atoms with E-state index in [4.69, 9.17) is 4.74 Å². The summed E-state index contributed by atoms with van der Waals surface area (Å²) in [6.07, 6.45) is 1.53. The van der Waals surface area contributed by atoms with Crippen molar-refractivity contribution in [2.45, 2.75) is 37.8 Å². The van der Waals surface area contributed by atoms with Gasteiger partial charge in [-0.1, -0.05) is 42.5 Å². The van der Waals surface area contributed by atoms with Gasteiger partial charge < -0.3 is 15.2 Å². The molecule has 0 radical (unpaired) electrons. The molecule has 6 heteroatoms. The molecular formula is C22H22N2O4. The molecular weight excluding hydrogens is 356 g/mol. The summed E-state index contributed by atoms with van der Waals surface area (Å²) in [6, 6.07) is 15.8. The molecule has 3 rings (SSSR count). The van der Waals surface area contributed by atoms with Gasteiger partial charge in [-0.2, -0.15) is 5.26 Å². The minimum absolute atomic E-state index is 0.164. The Morgan fingerprint density at radius 3 is 2.57 bits per heavy atom. The molecule has 1 aliphatic rings. The maximum absolute atomic E-state index is 12.5. The highest BCUT2D eigenvalue weighted by atomic mass is 16.5. The molecule has 2 atom stereocenters. The van der Waals surface area contributed by atoms with Crippen molar-refractivity contribution in [1.29, 1.82) is 5.26 Å². The van der Waals surface area contributed by atoms with E-state index in [0.717, 1.165) is 23.1 Å². The first kappa shape index (κ1) is 19.6. The van der Waals surface area contributed by atoms with Gasteiger partial charge in [0.2, 0.25) is 0 Å². The molecule has 1 fully saturated rings. The number of aliphatic carboxylic acids is 1. The van der Waals surface area contributed by atoms with Crippen molar-refractivity contribution in [3.8, 4) is 17.2 Å². The Labute approximate surface area is 163 Å². The molecule has 2 aromatic carbocycles. The summed E-state index contributed by atoms with van der Waals surface area (Å²) in [5, 5.41) is 21.4. The Kier molecular flexibility index (Phi) is 5.76. The summed E-state index contributed by atoms with van der Waals surface area (Å²) >= 11 is 0. The fourth-order valence-electron chi connectivity index (χ4n) is 3.36. The van der Waals surface area contributed by atoms with Crippen LogP contribution in [0.1, 0.15) is 30.9 Å². The van der Waals surface area contributed by atoms with Crippen LogP contribution in [-0.4, -0.2) is 35.2 Å². The topological polar surface area (TPSA) is 99.4 Å². The standard InChI is InChI=1S/C22H22N2O4/c1-22(11-4-12-28-22)21(27)24-19(20(25)26)13-15-7-9-16(10-8-15)18-6-3-2-5-17(18)14-23/h2-3,5-10,19H,4,11-13H2,1H3,(H,24,27)(H,25,26)/t19-,22-/m0/s1. The molecule has 6 nitrogen and oxygen atoms in total. The van der Waals surface area contributed by atoms with E-state index in [0.29, 0.717) is 18.6 Å². The van der Waals surface area contributed by atoms with Crippen LogP contribution in [0.2, 0.25) is 0 Å². The normalized spacial score (nSPS) is 19.6. The molecule has 0 saturated carbocycles. The number of nitrogens with one attached hydrogen (secondary N) is 1. The van der Waals surface area contributed by atoms with Gasteiger partial charge in [-0.25, -0.2) is 4.79 Å². The molecule has 2 N–H and O–H groups in total. The maximum Gasteiger partial charge on any atom is 0.326 e. The number of amides is 1. The average Bonchev–Trinajstić information content (AvgIpc) is 3.16. The van der Waals surface area contributed by atoms with Crippen LogP contribution in [0.4, 0.5) is 0 Å². The van der Waals surface area contributed by atoms with Gasteiger partial charge in [0.15, 0.2) is 0 Å². The highest BCUT2D eigenvalue weighted by Crippen LogP contribution is 2.26. The van der Waals surface area contributed by atoms with Crippen molar-refractivity contribution in [1.82, 2.24) is 5.32 Å². The number of hydrogen-bond donors (Lipinski definition) is 2. The van der Waals surface area contributed by atoms with Crippen molar-refractivity contribution < 1.29 is 19.4 Å². The molecule has 1 amide bonds. The predicted molar refractivity (Wildman–Crippen MR) is 103 cm³/mol. The van der Waals surface area contributed by atoms with Gasteiger partial charge >= 0.3 is 5.97 Å². The smallest absolute Gasteiger partial charge is 0.326 e. The van der Waals surface area contributed by atoms with E-state index < -0.39 is 23.5 Å². The Morgan fingerprint density at radius 2 is 1.96 bits per heavy atom. The van der Waals surface area contributed by atoms with Crippen molar-refractivity contribution >= 4 is 11.9 Å². The first-order chi connectivity index (χ1) is 13.4. The monoisotopic (exact) mass is 378 g/mol. The second-order valence-electron chi connectivity index (χ2n) is 7.11. The number of ether oxygens (including phenoxy) is 1. The molecule has 1 heterocycles. The van der Waals surface area contributed by atoms with Crippen LogP contribution < -0.4 is 5.32 Å². The lowest BCUT2D eigenvalue weighted by molar-refractivity contribution is -0.147. The molecule has 1 saturated heterocycles. The van der Waals surface area contributed by atoms with Crippen LogP contribution in [0.5, 0.6) is 0 Å². The van der Waals surface area contributed by atoms with Gasteiger partial charge in [0.25, 0.3) is 5.91 Å². The molecule has 1 aliphatic heterocycles. The van der Waals surface area contributed by atoms with Gasteiger partial charge in [0.05, 0.1) is 11.6 Å². The zero-order valence-corrected chi connectivity index (χ0v) is 15.6. The lowest BCUT2D eigenvalue weighted by Gasteiger charge is -2.24. The van der Waals surface area contributed by atoms with E-state index in [9.17, 15) is 20.0 Å². The van der Waals surface area contributed by atoms with Gasteiger partial charge in [-0.05, 0) is 42.5 Å². The molecule has 2 aromatic rings. The van der Waals surface area contributed by atoms with Gasteiger partial charge in [-0.15, -0.1) is 0 Å². The summed E-state index contributed by atoms with van der Waals surface area (Å²) in [5.41, 5.74) is 2.10. The number of rotatable bonds is 6. The van der Waals surface area contributed by atoms with Crippen molar-refractivity contribution in [2.24, 2.45) is 0 Å². The van der Waals surface area contributed by atoms with Crippen LogP contribution in [0.25, 0.3) is 11.1 Å². The van der Waals surface area contributed by atoms with E-state index in [1.165, 1.54) is 0 Å². The molecule has 28 heavy (non-hydrogen) atoms. The first-order valence-corrected chi connectivity index (χ1v) is 9.19. The number of carboxylic acid groups (broad SMARTS) is 1. The SMILES string of the molecule is C[C@@]1(C(=O)N[C@@H](Cc2ccc(-c3ccccc3C#N)cc2)C(=O)O)CCCO1. The Balaban J connectivity index is 1.73. The summed E-state index contributed by atoms with van der Waals surface area (Å²) in [6.45, 7) is 2.20. The van der Waals surface area contributed by atoms with Crippen LogP contribution in [0, 0.1) is 11.3 Å². The zero-order valence-electron chi connectivity index (χ0n) is 15.6. The third-order valence-electron chi connectivity index (χ3n) is 5.05. The highest BCUT2D eigenvalue weighted by Gasteiger charge is 2.39. The molecule has 0 spiro atoms. The average molecular weight is 378 g/mol. The number of nitrogens with zero attached hydrogens (tertiary/aromatic N) is 1. The van der Waals surface area contributed by atoms with E-state index in [-0.39, 0.29) is 6.42 Å². The Bertz CT molecular complexity index is 909. The van der Waals surface area contributed by atoms with Gasteiger partial charge in [0, 0.05) is 13.0 Å². The summed E-state index contributed by atoms with van der Waals surface area (Å²) < 4.78 is 5.49. The maximum atomic E-state index is 12.5. The lowest BCUT2D eigenvalue weighted by atomic mass is 9.97. The lowest BCUT2D eigenvalue weighted by Crippen LogP contribution is -2.51. The van der Waals surface area contributed by atoms with Gasteiger partial charge in [0.1, 0.15) is 11.6 Å². The third kappa shape index (κ3) is 4.21. The minimum atomic E-state index is -1.09. The van der Waals surface area contributed by atoms with Crippen LogP contribution in [0.15, 0.2) is 48.5 Å². The van der Waals surface area contributed by atoms with E-state index in [1.54, 1.807) is 13.0 Å². The molecule has 0 bridgehead atoms. The molecule has 144 valence electrons. The van der Waals surface area contributed by atoms with Gasteiger partial charge in [-0.3, -0.25) is 4.79 Å². The molecule has 0 unspecified atom stereocenters. The predicted octanol–water partition coefficient (Wildman–Crippen LogP) is 2.91. The highest BCUT2D eigenvalue weighted by molar-refractivity contribution is 5.89. The van der Waals surface area contributed by atoms with E-state index >= 15 is 0 Å². The number of carboxylic acids is 1. The fourth-order valence-corrected chi connectivity index (χ4v) is 3.36. The second kappa shape index (κ2) is 8.24. The second-order valence-corrected chi connectivity index (χ2v) is 7.11. The number of nitriles is 1. The number of hydrogen-bond acceptors (Lipinski definition) is 4. The fraction of sp³-hybridized carbons (Fsp3) is 0.318. The number of benzene rings is 2. The molecule has 0 aliphatic carbocycles.